The molecule has 1 aromatic heterocycles. The van der Waals surface area contributed by atoms with E-state index in [0.717, 1.165) is 0 Å². The zero-order valence-electron chi connectivity index (χ0n) is 11.6. The highest BCUT2D eigenvalue weighted by Gasteiger charge is 2.53. The number of rotatable bonds is 3. The maximum absolute atomic E-state index is 12.3. The minimum absolute atomic E-state index is 0.0468. The Labute approximate surface area is 125 Å². The summed E-state index contributed by atoms with van der Waals surface area (Å²) in [5.41, 5.74) is 0.951. The molecule has 0 spiro atoms. The Bertz CT molecular complexity index is 758. The average molecular weight is 331 g/mol. The van der Waals surface area contributed by atoms with Crippen LogP contribution in [-0.4, -0.2) is 58.2 Å². The van der Waals surface area contributed by atoms with Gasteiger partial charge in [0.1, 0.15) is 6.04 Å². The number of amides is 3. The third-order valence-corrected chi connectivity index (χ3v) is 4.05. The van der Waals surface area contributed by atoms with Crippen molar-refractivity contribution in [3.8, 4) is 0 Å². The van der Waals surface area contributed by atoms with Crippen molar-refractivity contribution < 1.29 is 26.8 Å². The van der Waals surface area contributed by atoms with Crippen LogP contribution < -0.4 is 5.32 Å². The van der Waals surface area contributed by atoms with E-state index in [2.05, 4.69) is 14.7 Å². The van der Waals surface area contributed by atoms with Crippen LogP contribution in [0.4, 0.5) is 4.79 Å². The number of urea groups is 1. The van der Waals surface area contributed by atoms with Crippen molar-refractivity contribution in [2.45, 2.75) is 12.1 Å². The van der Waals surface area contributed by atoms with Crippen molar-refractivity contribution in [3.63, 3.8) is 0 Å². The Morgan fingerprint density at radius 1 is 1.55 bits per heavy atom. The van der Waals surface area contributed by atoms with Gasteiger partial charge in [0, 0.05) is 19.7 Å². The molecule has 0 radical (unpaired) electrons. The molecule has 0 unspecified atom stereocenters. The topological polar surface area (TPSA) is 134 Å². The van der Waals surface area contributed by atoms with E-state index < -0.39 is 34.4 Å². The van der Waals surface area contributed by atoms with Gasteiger partial charge in [-0.25, -0.2) is 4.79 Å². The van der Waals surface area contributed by atoms with Crippen LogP contribution in [0, 0.1) is 0 Å². The first-order valence-corrected chi connectivity index (χ1v) is 7.61. The third-order valence-electron chi connectivity index (χ3n) is 3.70. The second-order valence-corrected chi connectivity index (χ2v) is 5.91. The zero-order chi connectivity index (χ0) is 16.2. The molecule has 1 aromatic rings. The predicted molar refractivity (Wildman–Crippen MR) is 69.3 cm³/mol. The van der Waals surface area contributed by atoms with Crippen LogP contribution >= 0.6 is 0 Å². The van der Waals surface area contributed by atoms with Gasteiger partial charge in [-0.15, -0.1) is 4.28 Å². The predicted octanol–water partition coefficient (Wildman–Crippen LogP) is -1.27. The van der Waals surface area contributed by atoms with Crippen LogP contribution in [0.1, 0.15) is 23.3 Å². The van der Waals surface area contributed by atoms with E-state index in [1.807, 2.05) is 0 Å². The van der Waals surface area contributed by atoms with Crippen LogP contribution in [0.2, 0.25) is 0 Å². The van der Waals surface area contributed by atoms with Gasteiger partial charge < -0.3 is 10.2 Å². The molecule has 0 aromatic carbocycles. The molecule has 0 saturated carbocycles. The van der Waals surface area contributed by atoms with Crippen molar-refractivity contribution in [1.82, 2.24) is 25.1 Å². The fourth-order valence-electron chi connectivity index (χ4n) is 2.83. The van der Waals surface area contributed by atoms with Gasteiger partial charge in [0.05, 0.1) is 18.4 Å². The first-order chi connectivity index (χ1) is 10.2. The monoisotopic (exact) mass is 331 g/mol. The number of aryl methyl sites for hydroxylation is 1. The molecule has 2 aliphatic heterocycles. The minimum Gasteiger partial charge on any atom is -0.357 e. The van der Waals surface area contributed by atoms with E-state index in [4.69, 9.17) is 4.55 Å². The van der Waals surface area contributed by atoms with E-state index in [-0.39, 0.29) is 6.54 Å². The molecule has 3 rings (SSSR count). The number of hydroxylamine groups is 2. The molecule has 2 atom stereocenters. The molecular formula is C10H13N5O6S. The van der Waals surface area contributed by atoms with Crippen molar-refractivity contribution in [2.24, 2.45) is 7.05 Å². The molecule has 1 fully saturated rings. The SMILES string of the molecule is CNC(=O)[C@@H]1c2c(cnn2C)[C@@H]2CN1C(=O)N2OS(=O)(=O)O. The molecule has 12 heteroatoms. The number of likely N-dealkylation sites (N-methyl/N-ethyl adjacent to an activating group) is 1. The van der Waals surface area contributed by atoms with Gasteiger partial charge in [0.15, 0.2) is 6.04 Å². The maximum atomic E-state index is 12.3. The summed E-state index contributed by atoms with van der Waals surface area (Å²) in [6.45, 7) is 0.0468. The van der Waals surface area contributed by atoms with Gasteiger partial charge in [-0.3, -0.25) is 14.0 Å². The summed E-state index contributed by atoms with van der Waals surface area (Å²) in [6, 6.07) is -2.56. The van der Waals surface area contributed by atoms with Gasteiger partial charge in [-0.2, -0.15) is 18.6 Å². The van der Waals surface area contributed by atoms with Crippen LogP contribution in [0.5, 0.6) is 0 Å². The Balaban J connectivity index is 2.11. The van der Waals surface area contributed by atoms with E-state index >= 15 is 0 Å². The van der Waals surface area contributed by atoms with Crippen LogP contribution in [-0.2, 0) is 26.5 Å². The van der Waals surface area contributed by atoms with E-state index in [0.29, 0.717) is 16.3 Å². The number of carbonyl (C=O) groups excluding carboxylic acids is 2. The summed E-state index contributed by atoms with van der Waals surface area (Å²) in [4.78, 5) is 25.6. The Morgan fingerprint density at radius 3 is 2.82 bits per heavy atom. The number of hydrogen-bond donors (Lipinski definition) is 2. The Hall–Kier alpha value is -2.18. The lowest BCUT2D eigenvalue weighted by atomic mass is 9.97. The summed E-state index contributed by atoms with van der Waals surface area (Å²) in [5, 5.41) is 7.04. The fraction of sp³-hybridized carbons (Fsp3) is 0.500. The zero-order valence-corrected chi connectivity index (χ0v) is 12.4. The standard InChI is InChI=1S/C10H13N5O6S/c1-11-9(16)8-7-5(3-12-13(7)2)6-4-14(8)10(17)15(6)21-22(18,19)20/h3,6,8H,4H2,1-2H3,(H,11,16)(H,18,19,20)/t6-,8-/m0/s1. The number of hydrogen-bond acceptors (Lipinski definition) is 6. The smallest absolute Gasteiger partial charge is 0.357 e. The molecule has 2 bridgehead atoms. The summed E-state index contributed by atoms with van der Waals surface area (Å²) in [6.07, 6.45) is 1.44. The maximum Gasteiger partial charge on any atom is 0.418 e. The number of aromatic nitrogens is 2. The lowest BCUT2D eigenvalue weighted by Gasteiger charge is -2.29. The van der Waals surface area contributed by atoms with E-state index in [1.165, 1.54) is 22.8 Å². The summed E-state index contributed by atoms with van der Waals surface area (Å²) in [5.74, 6) is -0.439. The number of carbonyl (C=O) groups is 2. The molecule has 120 valence electrons. The highest BCUT2D eigenvalue weighted by Crippen LogP contribution is 2.43. The molecule has 3 amide bonds. The molecule has 11 nitrogen and oxygen atoms in total. The summed E-state index contributed by atoms with van der Waals surface area (Å²) >= 11 is 0. The average Bonchev–Trinajstić information content (AvgIpc) is 2.93. The molecule has 0 aliphatic carbocycles. The molecule has 22 heavy (non-hydrogen) atoms. The van der Waals surface area contributed by atoms with Gasteiger partial charge in [0.2, 0.25) is 5.91 Å². The molecule has 1 saturated heterocycles. The lowest BCUT2D eigenvalue weighted by molar-refractivity contribution is -0.125. The third kappa shape index (κ3) is 2.03. The van der Waals surface area contributed by atoms with E-state index in [1.54, 1.807) is 7.05 Å². The first kappa shape index (κ1) is 14.7. The molecule has 3 heterocycles. The number of nitrogens with zero attached hydrogens (tertiary/aromatic N) is 4. The Kier molecular flexibility index (Phi) is 3.12. The summed E-state index contributed by atoms with van der Waals surface area (Å²) < 4.78 is 36.5. The number of fused-ring (bicyclic) bond motifs is 4. The molecule has 2 aliphatic rings. The number of nitrogens with one attached hydrogen (secondary N) is 1. The van der Waals surface area contributed by atoms with Gasteiger partial charge in [0.25, 0.3) is 0 Å². The highest BCUT2D eigenvalue weighted by molar-refractivity contribution is 7.80. The Morgan fingerprint density at radius 2 is 2.23 bits per heavy atom. The van der Waals surface area contributed by atoms with Crippen molar-refractivity contribution >= 4 is 22.3 Å². The van der Waals surface area contributed by atoms with Crippen molar-refractivity contribution in [1.29, 1.82) is 0 Å². The van der Waals surface area contributed by atoms with Gasteiger partial charge in [-0.05, 0) is 0 Å². The molecule has 2 N–H and O–H groups in total. The quantitative estimate of drug-likeness (QED) is 0.660. The largest absolute Gasteiger partial charge is 0.418 e. The summed E-state index contributed by atoms with van der Waals surface area (Å²) in [7, 11) is -1.83. The minimum atomic E-state index is -4.87. The second kappa shape index (κ2) is 4.66. The highest BCUT2D eigenvalue weighted by atomic mass is 32.3. The van der Waals surface area contributed by atoms with Crippen LogP contribution in [0.3, 0.4) is 0 Å². The first-order valence-electron chi connectivity index (χ1n) is 6.25. The van der Waals surface area contributed by atoms with E-state index in [9.17, 15) is 18.0 Å². The van der Waals surface area contributed by atoms with Gasteiger partial charge >= 0.3 is 16.4 Å². The van der Waals surface area contributed by atoms with Crippen LogP contribution in [0.25, 0.3) is 0 Å². The van der Waals surface area contributed by atoms with Crippen LogP contribution in [0.15, 0.2) is 6.20 Å². The fourth-order valence-corrected chi connectivity index (χ4v) is 3.20. The second-order valence-electron chi connectivity index (χ2n) is 4.90. The van der Waals surface area contributed by atoms with Gasteiger partial charge in [-0.1, -0.05) is 0 Å². The van der Waals surface area contributed by atoms with Crippen molar-refractivity contribution in [3.05, 3.63) is 17.5 Å². The normalized spacial score (nSPS) is 23.7. The van der Waals surface area contributed by atoms with Crippen molar-refractivity contribution in [2.75, 3.05) is 13.6 Å². The molecular weight excluding hydrogens is 318 g/mol. The lowest BCUT2D eigenvalue weighted by Crippen LogP contribution is -2.43.